The average Bonchev–Trinajstić information content (AvgIpc) is 2.73. The quantitative estimate of drug-likeness (QED) is 0.924. The van der Waals surface area contributed by atoms with E-state index in [0.29, 0.717) is 6.04 Å². The Bertz CT molecular complexity index is 560. The molecule has 0 amide bonds. The molecule has 0 unspecified atom stereocenters. The van der Waals surface area contributed by atoms with E-state index in [-0.39, 0.29) is 18.2 Å². The highest BCUT2D eigenvalue weighted by Gasteiger charge is 2.19. The maximum absolute atomic E-state index is 13.1. The fourth-order valence-corrected chi connectivity index (χ4v) is 3.32. The van der Waals surface area contributed by atoms with Gasteiger partial charge in [0, 0.05) is 25.7 Å². The molecule has 19 heavy (non-hydrogen) atoms. The molecule has 1 aliphatic heterocycles. The van der Waals surface area contributed by atoms with E-state index in [0.717, 1.165) is 41.4 Å². The maximum Gasteiger partial charge on any atom is 0.124 e. The molecule has 0 bridgehead atoms. The van der Waals surface area contributed by atoms with E-state index in [2.05, 4.69) is 22.1 Å². The average molecular weight is 302 g/mol. The molecule has 0 aliphatic carbocycles. The standard InChI is InChI=1S/C13H16FN3S.ClH/c1-9-7-15-4-5-17(9)8-13-16-11-3-2-10(14)6-12(11)18-13;/h2-3,6,9,15H,4-5,7-8H2,1H3;1H/t9-;/m0./s1. The molecule has 1 aromatic heterocycles. The normalized spacial score (nSPS) is 20.4. The number of hydrogen-bond acceptors (Lipinski definition) is 4. The Morgan fingerprint density at radius 1 is 1.53 bits per heavy atom. The first-order valence-corrected chi connectivity index (χ1v) is 7.04. The monoisotopic (exact) mass is 301 g/mol. The second kappa shape index (κ2) is 6.13. The highest BCUT2D eigenvalue weighted by Crippen LogP contribution is 2.24. The van der Waals surface area contributed by atoms with Gasteiger partial charge >= 0.3 is 0 Å². The topological polar surface area (TPSA) is 28.2 Å². The van der Waals surface area contributed by atoms with Crippen LogP contribution in [0.2, 0.25) is 0 Å². The summed E-state index contributed by atoms with van der Waals surface area (Å²) in [6.45, 7) is 6.19. The summed E-state index contributed by atoms with van der Waals surface area (Å²) >= 11 is 1.59. The summed E-state index contributed by atoms with van der Waals surface area (Å²) in [5.41, 5.74) is 0.902. The fraction of sp³-hybridized carbons (Fsp3) is 0.462. The lowest BCUT2D eigenvalue weighted by molar-refractivity contribution is 0.165. The van der Waals surface area contributed by atoms with Crippen LogP contribution < -0.4 is 5.32 Å². The number of rotatable bonds is 2. The van der Waals surface area contributed by atoms with E-state index in [1.54, 1.807) is 23.5 Å². The second-order valence-electron chi connectivity index (χ2n) is 4.74. The summed E-state index contributed by atoms with van der Waals surface area (Å²) < 4.78 is 14.1. The smallest absolute Gasteiger partial charge is 0.124 e. The predicted molar refractivity (Wildman–Crippen MR) is 79.6 cm³/mol. The van der Waals surface area contributed by atoms with E-state index in [1.165, 1.54) is 6.07 Å². The molecule has 1 saturated heterocycles. The van der Waals surface area contributed by atoms with Gasteiger partial charge in [0.2, 0.25) is 0 Å². The molecule has 6 heteroatoms. The number of halogens is 2. The van der Waals surface area contributed by atoms with Gasteiger partial charge in [0.05, 0.1) is 16.8 Å². The van der Waals surface area contributed by atoms with Crippen LogP contribution in [0.4, 0.5) is 4.39 Å². The predicted octanol–water partition coefficient (Wildman–Crippen LogP) is 2.65. The molecule has 104 valence electrons. The van der Waals surface area contributed by atoms with Crippen molar-refractivity contribution in [3.05, 3.63) is 29.0 Å². The van der Waals surface area contributed by atoms with E-state index >= 15 is 0 Å². The van der Waals surface area contributed by atoms with Crippen molar-refractivity contribution >= 4 is 34.0 Å². The number of benzene rings is 1. The molecule has 2 heterocycles. The van der Waals surface area contributed by atoms with Crippen LogP contribution in [0.25, 0.3) is 10.2 Å². The van der Waals surface area contributed by atoms with Crippen LogP contribution in [-0.4, -0.2) is 35.6 Å². The molecule has 1 N–H and O–H groups in total. The minimum Gasteiger partial charge on any atom is -0.314 e. The largest absolute Gasteiger partial charge is 0.314 e. The van der Waals surface area contributed by atoms with Crippen LogP contribution in [0.1, 0.15) is 11.9 Å². The third-order valence-electron chi connectivity index (χ3n) is 3.37. The van der Waals surface area contributed by atoms with Crippen LogP contribution in [0.5, 0.6) is 0 Å². The highest BCUT2D eigenvalue weighted by molar-refractivity contribution is 7.18. The highest BCUT2D eigenvalue weighted by atomic mass is 35.5. The lowest BCUT2D eigenvalue weighted by Crippen LogP contribution is -2.49. The van der Waals surface area contributed by atoms with Gasteiger partial charge in [0.25, 0.3) is 0 Å². The number of fused-ring (bicyclic) bond motifs is 1. The van der Waals surface area contributed by atoms with Crippen molar-refractivity contribution < 1.29 is 4.39 Å². The number of thiazole rings is 1. The lowest BCUT2D eigenvalue weighted by atomic mass is 10.2. The zero-order chi connectivity index (χ0) is 12.5. The van der Waals surface area contributed by atoms with Gasteiger partial charge in [-0.25, -0.2) is 9.37 Å². The molecule has 1 aliphatic rings. The molecule has 3 rings (SSSR count). The molecule has 1 atom stereocenters. The molecule has 0 radical (unpaired) electrons. The number of nitrogens with one attached hydrogen (secondary N) is 1. The molecule has 1 aromatic carbocycles. The van der Waals surface area contributed by atoms with Crippen LogP contribution in [0, 0.1) is 5.82 Å². The van der Waals surface area contributed by atoms with Gasteiger partial charge in [-0.2, -0.15) is 0 Å². The van der Waals surface area contributed by atoms with Gasteiger partial charge < -0.3 is 5.32 Å². The van der Waals surface area contributed by atoms with Crippen LogP contribution in [-0.2, 0) is 6.54 Å². The Labute approximate surface area is 122 Å². The van der Waals surface area contributed by atoms with E-state index in [4.69, 9.17) is 0 Å². The van der Waals surface area contributed by atoms with E-state index in [9.17, 15) is 4.39 Å². The summed E-state index contributed by atoms with van der Waals surface area (Å²) in [4.78, 5) is 6.99. The Morgan fingerprint density at radius 2 is 2.37 bits per heavy atom. The first-order chi connectivity index (χ1) is 8.72. The van der Waals surface area contributed by atoms with Gasteiger partial charge in [-0.15, -0.1) is 23.7 Å². The third kappa shape index (κ3) is 3.23. The van der Waals surface area contributed by atoms with Crippen molar-refractivity contribution in [3.63, 3.8) is 0 Å². The first kappa shape index (κ1) is 14.7. The zero-order valence-electron chi connectivity index (χ0n) is 10.7. The Hall–Kier alpha value is -0.750. The van der Waals surface area contributed by atoms with Crippen LogP contribution in [0.15, 0.2) is 18.2 Å². The number of nitrogens with zero attached hydrogens (tertiary/aromatic N) is 2. The molecule has 2 aromatic rings. The zero-order valence-corrected chi connectivity index (χ0v) is 12.4. The number of piperazine rings is 1. The van der Waals surface area contributed by atoms with E-state index < -0.39 is 0 Å². The van der Waals surface area contributed by atoms with E-state index in [1.807, 2.05) is 0 Å². The van der Waals surface area contributed by atoms with Crippen LogP contribution in [0.3, 0.4) is 0 Å². The second-order valence-corrected chi connectivity index (χ2v) is 5.86. The van der Waals surface area contributed by atoms with Crippen molar-refractivity contribution in [2.24, 2.45) is 0 Å². The van der Waals surface area contributed by atoms with Crippen molar-refractivity contribution in [1.82, 2.24) is 15.2 Å². The van der Waals surface area contributed by atoms with Crippen molar-refractivity contribution in [2.45, 2.75) is 19.5 Å². The Balaban J connectivity index is 0.00000133. The fourth-order valence-electron chi connectivity index (χ4n) is 2.31. The van der Waals surface area contributed by atoms with Gasteiger partial charge in [-0.05, 0) is 25.1 Å². The molecular formula is C13H17ClFN3S. The van der Waals surface area contributed by atoms with Gasteiger partial charge in [0.15, 0.2) is 0 Å². The molecule has 0 saturated carbocycles. The molecular weight excluding hydrogens is 285 g/mol. The van der Waals surface area contributed by atoms with Gasteiger partial charge in [-0.3, -0.25) is 4.90 Å². The van der Waals surface area contributed by atoms with Gasteiger partial charge in [-0.1, -0.05) is 0 Å². The summed E-state index contributed by atoms with van der Waals surface area (Å²) in [6, 6.07) is 5.32. The molecule has 3 nitrogen and oxygen atoms in total. The minimum absolute atomic E-state index is 0. The molecule has 0 spiro atoms. The third-order valence-corrected chi connectivity index (χ3v) is 4.37. The summed E-state index contributed by atoms with van der Waals surface area (Å²) in [7, 11) is 0. The minimum atomic E-state index is -0.187. The van der Waals surface area contributed by atoms with Crippen molar-refractivity contribution in [2.75, 3.05) is 19.6 Å². The van der Waals surface area contributed by atoms with Crippen molar-refractivity contribution in [3.8, 4) is 0 Å². The first-order valence-electron chi connectivity index (χ1n) is 6.22. The van der Waals surface area contributed by atoms with Crippen LogP contribution >= 0.6 is 23.7 Å². The van der Waals surface area contributed by atoms with Crippen molar-refractivity contribution in [1.29, 1.82) is 0 Å². The summed E-state index contributed by atoms with van der Waals surface area (Å²) in [5, 5.41) is 4.45. The SMILES string of the molecule is C[C@H]1CNCCN1Cc1nc2ccc(F)cc2s1.Cl. The number of aromatic nitrogens is 1. The Kier molecular flexibility index (Phi) is 4.73. The summed E-state index contributed by atoms with van der Waals surface area (Å²) in [6.07, 6.45) is 0. The summed E-state index contributed by atoms with van der Waals surface area (Å²) in [5.74, 6) is -0.187. The Morgan fingerprint density at radius 3 is 3.16 bits per heavy atom. The number of hydrogen-bond donors (Lipinski definition) is 1. The lowest BCUT2D eigenvalue weighted by Gasteiger charge is -2.33. The maximum atomic E-state index is 13.1. The molecule has 1 fully saturated rings. The van der Waals surface area contributed by atoms with Gasteiger partial charge in [0.1, 0.15) is 10.8 Å².